The number of ether oxygens (including phenoxy) is 1. The molecule has 0 aromatic heterocycles. The number of hydrogen-bond acceptors (Lipinski definition) is 4. The van der Waals surface area contributed by atoms with Crippen molar-refractivity contribution in [2.45, 2.75) is 19.4 Å². The third-order valence-electron chi connectivity index (χ3n) is 3.98. The van der Waals surface area contributed by atoms with Crippen molar-refractivity contribution < 1.29 is 23.8 Å². The van der Waals surface area contributed by atoms with Crippen LogP contribution in [0.5, 0.6) is 5.75 Å². The summed E-state index contributed by atoms with van der Waals surface area (Å²) in [5.41, 5.74) is 0.876. The Morgan fingerprint density at radius 2 is 2.00 bits per heavy atom. The van der Waals surface area contributed by atoms with Gasteiger partial charge < -0.3 is 14.7 Å². The normalized spacial score (nSPS) is 11.7. The molecule has 0 saturated carbocycles. The van der Waals surface area contributed by atoms with Crippen LogP contribution in [0.25, 0.3) is 0 Å². The van der Waals surface area contributed by atoms with Gasteiger partial charge in [-0.15, -0.1) is 0 Å². The summed E-state index contributed by atoms with van der Waals surface area (Å²) in [6.07, 6.45) is 0. The molecule has 138 valence electrons. The Morgan fingerprint density at radius 1 is 1.27 bits per heavy atom. The molecular formula is C19H19ClFNO4. The minimum Gasteiger partial charge on any atom is -0.508 e. The monoisotopic (exact) mass is 379 g/mol. The number of phenolic OH excluding ortho intramolecular Hbond substituents is 1. The first-order valence-electron chi connectivity index (χ1n) is 7.90. The number of esters is 1. The van der Waals surface area contributed by atoms with Gasteiger partial charge in [-0.3, -0.25) is 9.59 Å². The minimum atomic E-state index is -0.684. The molecule has 2 rings (SSSR count). The summed E-state index contributed by atoms with van der Waals surface area (Å²) in [6.45, 7) is 1.28. The van der Waals surface area contributed by atoms with Gasteiger partial charge in [0, 0.05) is 17.1 Å². The highest BCUT2D eigenvalue weighted by molar-refractivity contribution is 6.30. The predicted octanol–water partition coefficient (Wildman–Crippen LogP) is 3.49. The van der Waals surface area contributed by atoms with E-state index in [1.54, 1.807) is 13.0 Å². The van der Waals surface area contributed by atoms with Crippen molar-refractivity contribution in [3.63, 3.8) is 0 Å². The maximum Gasteiger partial charge on any atom is 0.325 e. The lowest BCUT2D eigenvalue weighted by molar-refractivity contribution is -0.147. The zero-order chi connectivity index (χ0) is 19.3. The van der Waals surface area contributed by atoms with E-state index < -0.39 is 23.6 Å². The molecule has 2 aromatic carbocycles. The number of carbonyl (C=O) groups excluding carboxylic acids is 2. The molecule has 0 fully saturated rings. The molecule has 1 atom stereocenters. The summed E-state index contributed by atoms with van der Waals surface area (Å²) in [5.74, 6) is -2.19. The smallest absolute Gasteiger partial charge is 0.325 e. The van der Waals surface area contributed by atoms with E-state index >= 15 is 0 Å². The number of phenols is 1. The SMILES string of the molecule is COC(=O)CN(Cc1cc(Cl)ccc1O)C(=O)[C@@H](C)c1cccc(F)c1. The van der Waals surface area contributed by atoms with Gasteiger partial charge in [0.05, 0.1) is 13.0 Å². The average molecular weight is 380 g/mol. The second kappa shape index (κ2) is 8.67. The zero-order valence-corrected chi connectivity index (χ0v) is 15.2. The molecule has 1 amide bonds. The van der Waals surface area contributed by atoms with Crippen molar-refractivity contribution in [2.24, 2.45) is 0 Å². The number of rotatable bonds is 6. The highest BCUT2D eigenvalue weighted by Crippen LogP contribution is 2.25. The van der Waals surface area contributed by atoms with Gasteiger partial charge in [0.2, 0.25) is 5.91 Å². The topological polar surface area (TPSA) is 66.8 Å². The van der Waals surface area contributed by atoms with E-state index in [4.69, 9.17) is 11.6 Å². The van der Waals surface area contributed by atoms with Crippen molar-refractivity contribution in [1.29, 1.82) is 0 Å². The number of carbonyl (C=O) groups is 2. The summed E-state index contributed by atoms with van der Waals surface area (Å²) >= 11 is 5.94. The lowest BCUT2D eigenvalue weighted by atomic mass is 9.99. The molecule has 1 N–H and O–H groups in total. The van der Waals surface area contributed by atoms with Gasteiger partial charge in [-0.2, -0.15) is 0 Å². The van der Waals surface area contributed by atoms with E-state index in [1.807, 2.05) is 0 Å². The summed E-state index contributed by atoms with van der Waals surface area (Å²) in [5, 5.41) is 10.4. The van der Waals surface area contributed by atoms with Gasteiger partial charge in [0.25, 0.3) is 0 Å². The van der Waals surface area contributed by atoms with E-state index in [0.29, 0.717) is 16.1 Å². The van der Waals surface area contributed by atoms with Crippen LogP contribution in [0.3, 0.4) is 0 Å². The largest absolute Gasteiger partial charge is 0.508 e. The van der Waals surface area contributed by atoms with Gasteiger partial charge in [-0.1, -0.05) is 23.7 Å². The second-order valence-corrected chi connectivity index (χ2v) is 6.26. The summed E-state index contributed by atoms with van der Waals surface area (Å²) in [4.78, 5) is 25.8. The maximum absolute atomic E-state index is 13.5. The number of hydrogen-bond donors (Lipinski definition) is 1. The molecule has 0 unspecified atom stereocenters. The van der Waals surface area contributed by atoms with Gasteiger partial charge >= 0.3 is 5.97 Å². The fourth-order valence-electron chi connectivity index (χ4n) is 2.51. The van der Waals surface area contributed by atoms with E-state index in [9.17, 15) is 19.1 Å². The molecular weight excluding hydrogens is 361 g/mol. The molecule has 0 radical (unpaired) electrons. The quantitative estimate of drug-likeness (QED) is 0.780. The highest BCUT2D eigenvalue weighted by atomic mass is 35.5. The van der Waals surface area contributed by atoms with Crippen LogP contribution in [0, 0.1) is 5.82 Å². The van der Waals surface area contributed by atoms with E-state index in [2.05, 4.69) is 4.74 Å². The Bertz CT molecular complexity index is 812. The predicted molar refractivity (Wildman–Crippen MR) is 95.4 cm³/mol. The van der Waals surface area contributed by atoms with E-state index in [1.165, 1.54) is 48.4 Å². The number of methoxy groups -OCH3 is 1. The minimum absolute atomic E-state index is 0.0417. The number of amides is 1. The third-order valence-corrected chi connectivity index (χ3v) is 4.22. The van der Waals surface area contributed by atoms with Crippen LogP contribution >= 0.6 is 11.6 Å². The molecule has 7 heteroatoms. The Hall–Kier alpha value is -2.60. The van der Waals surface area contributed by atoms with Gasteiger partial charge in [-0.05, 0) is 42.8 Å². The molecule has 0 saturated heterocycles. The first kappa shape index (κ1) is 19.7. The van der Waals surface area contributed by atoms with Crippen LogP contribution < -0.4 is 0 Å². The summed E-state index contributed by atoms with van der Waals surface area (Å²) in [7, 11) is 1.22. The van der Waals surface area contributed by atoms with Crippen LogP contribution in [0.4, 0.5) is 4.39 Å². The van der Waals surface area contributed by atoms with Crippen LogP contribution in [-0.2, 0) is 20.9 Å². The highest BCUT2D eigenvalue weighted by Gasteiger charge is 2.25. The standard InChI is InChI=1S/C19H19ClFNO4/c1-12(13-4-3-5-16(21)9-13)19(25)22(11-18(24)26-2)10-14-8-15(20)6-7-17(14)23/h3-9,12,23H,10-11H2,1-2H3/t12-/m0/s1. The molecule has 5 nitrogen and oxygen atoms in total. The molecule has 0 aliphatic carbocycles. The van der Waals surface area contributed by atoms with Crippen LogP contribution in [-0.4, -0.2) is 35.5 Å². The number of halogens is 2. The van der Waals surface area contributed by atoms with Crippen LogP contribution in [0.1, 0.15) is 24.0 Å². The first-order valence-corrected chi connectivity index (χ1v) is 8.28. The second-order valence-electron chi connectivity index (χ2n) is 5.82. The average Bonchev–Trinajstić information content (AvgIpc) is 2.62. The van der Waals surface area contributed by atoms with Gasteiger partial charge in [0.15, 0.2) is 0 Å². The zero-order valence-electron chi connectivity index (χ0n) is 14.4. The van der Waals surface area contributed by atoms with E-state index in [0.717, 1.165) is 0 Å². The number of nitrogens with zero attached hydrogens (tertiary/aromatic N) is 1. The lowest BCUT2D eigenvalue weighted by Gasteiger charge is -2.25. The fraction of sp³-hybridized carbons (Fsp3) is 0.263. The van der Waals surface area contributed by atoms with Crippen molar-refractivity contribution in [1.82, 2.24) is 4.90 Å². The Balaban J connectivity index is 2.29. The Labute approximate surface area is 156 Å². The molecule has 0 spiro atoms. The van der Waals surface area contributed by atoms with Gasteiger partial charge in [-0.25, -0.2) is 4.39 Å². The van der Waals surface area contributed by atoms with Crippen LogP contribution in [0.15, 0.2) is 42.5 Å². The molecule has 0 heterocycles. The molecule has 0 aliphatic rings. The van der Waals surface area contributed by atoms with Crippen LogP contribution in [0.2, 0.25) is 5.02 Å². The Morgan fingerprint density at radius 3 is 2.65 bits per heavy atom. The fourth-order valence-corrected chi connectivity index (χ4v) is 2.71. The number of aromatic hydroxyl groups is 1. The Kier molecular flexibility index (Phi) is 6.58. The molecule has 0 bridgehead atoms. The first-order chi connectivity index (χ1) is 12.3. The third kappa shape index (κ3) is 4.95. The molecule has 2 aromatic rings. The van der Waals surface area contributed by atoms with Crippen molar-refractivity contribution in [3.8, 4) is 5.75 Å². The van der Waals surface area contributed by atoms with Gasteiger partial charge in [0.1, 0.15) is 18.1 Å². The number of benzene rings is 2. The van der Waals surface area contributed by atoms with Crippen molar-refractivity contribution in [2.75, 3.05) is 13.7 Å². The maximum atomic E-state index is 13.5. The molecule has 0 aliphatic heterocycles. The molecule has 26 heavy (non-hydrogen) atoms. The van der Waals surface area contributed by atoms with Crippen molar-refractivity contribution >= 4 is 23.5 Å². The van der Waals surface area contributed by atoms with E-state index in [-0.39, 0.29) is 18.8 Å². The summed E-state index contributed by atoms with van der Waals surface area (Å²) in [6, 6.07) is 10.2. The lowest BCUT2D eigenvalue weighted by Crippen LogP contribution is -2.38. The van der Waals surface area contributed by atoms with Crippen molar-refractivity contribution in [3.05, 3.63) is 64.4 Å². The summed E-state index contributed by atoms with van der Waals surface area (Å²) < 4.78 is 18.1.